The highest BCUT2D eigenvalue weighted by Crippen LogP contribution is 2.14. The molecule has 0 spiro atoms. The van der Waals surface area contributed by atoms with Gasteiger partial charge in [0.15, 0.2) is 0 Å². The van der Waals surface area contributed by atoms with Gasteiger partial charge in [0.05, 0.1) is 25.2 Å². The summed E-state index contributed by atoms with van der Waals surface area (Å²) in [5.74, 6) is 1.14. The quantitative estimate of drug-likeness (QED) is 0.581. The number of esters is 1. The molecule has 118 valence electrons. The van der Waals surface area contributed by atoms with E-state index < -0.39 is 0 Å². The first-order valence-electron chi connectivity index (χ1n) is 7.13. The third kappa shape index (κ3) is 5.36. The number of nitriles is 1. The largest absolute Gasteiger partial charge is 0.490 e. The fourth-order valence-electron chi connectivity index (χ4n) is 1.89. The number of benzene rings is 2. The molecule has 0 fully saturated rings. The van der Waals surface area contributed by atoms with Crippen LogP contribution in [0.15, 0.2) is 48.5 Å². The first kappa shape index (κ1) is 16.4. The molecule has 0 bridgehead atoms. The predicted octanol–water partition coefficient (Wildman–Crippen LogP) is 2.73. The fourth-order valence-corrected chi connectivity index (χ4v) is 1.89. The zero-order valence-corrected chi connectivity index (χ0v) is 12.8. The molecule has 0 aliphatic heterocycles. The number of rotatable bonds is 7. The predicted molar refractivity (Wildman–Crippen MR) is 84.3 cm³/mol. The summed E-state index contributed by atoms with van der Waals surface area (Å²) in [6.07, 6.45) is 0.249. The van der Waals surface area contributed by atoms with Gasteiger partial charge >= 0.3 is 5.97 Å². The fraction of sp³-hybridized carbons (Fsp3) is 0.222. The second-order valence-electron chi connectivity index (χ2n) is 4.73. The molecule has 2 rings (SSSR count). The highest BCUT2D eigenvalue weighted by Gasteiger charge is 2.03. The molecule has 0 saturated carbocycles. The van der Waals surface area contributed by atoms with Crippen molar-refractivity contribution in [3.8, 4) is 17.6 Å². The van der Waals surface area contributed by atoms with Crippen molar-refractivity contribution < 1.29 is 19.0 Å². The average Bonchev–Trinajstić information content (AvgIpc) is 2.60. The first-order valence-corrected chi connectivity index (χ1v) is 7.13. The van der Waals surface area contributed by atoms with Crippen LogP contribution >= 0.6 is 0 Å². The summed E-state index contributed by atoms with van der Waals surface area (Å²) < 4.78 is 15.7. The summed E-state index contributed by atoms with van der Waals surface area (Å²) in [6, 6.07) is 16.2. The molecule has 0 radical (unpaired) electrons. The molecule has 0 aliphatic rings. The second-order valence-corrected chi connectivity index (χ2v) is 4.73. The lowest BCUT2D eigenvalue weighted by Crippen LogP contribution is -2.09. The van der Waals surface area contributed by atoms with Crippen molar-refractivity contribution >= 4 is 5.97 Å². The number of hydrogen-bond acceptors (Lipinski definition) is 5. The topological polar surface area (TPSA) is 68.6 Å². The normalized spacial score (nSPS) is 9.74. The maximum atomic E-state index is 11.2. The van der Waals surface area contributed by atoms with Crippen LogP contribution in [0.5, 0.6) is 11.5 Å². The molecule has 0 atom stereocenters. The van der Waals surface area contributed by atoms with Gasteiger partial charge in [0.1, 0.15) is 24.7 Å². The Kier molecular flexibility index (Phi) is 6.01. The minimum atomic E-state index is -0.269. The summed E-state index contributed by atoms with van der Waals surface area (Å²) in [5.41, 5.74) is 1.47. The standard InChI is InChI=1S/C18H17NO4/c1-21-18(20)12-14-2-6-16(7-3-14)22-10-11-23-17-8-4-15(13-19)5-9-17/h2-9H,10-12H2,1H3. The second kappa shape index (κ2) is 8.44. The minimum absolute atomic E-state index is 0.249. The van der Waals surface area contributed by atoms with E-state index in [1.165, 1.54) is 7.11 Å². The SMILES string of the molecule is COC(=O)Cc1ccc(OCCOc2ccc(C#N)cc2)cc1. The van der Waals surface area contributed by atoms with Crippen molar-refractivity contribution in [2.24, 2.45) is 0 Å². The van der Waals surface area contributed by atoms with Crippen molar-refractivity contribution in [3.63, 3.8) is 0 Å². The number of ether oxygens (including phenoxy) is 3. The average molecular weight is 311 g/mol. The van der Waals surface area contributed by atoms with Gasteiger partial charge in [-0.25, -0.2) is 0 Å². The van der Waals surface area contributed by atoms with Crippen LogP contribution in [-0.2, 0) is 16.0 Å². The highest BCUT2D eigenvalue weighted by molar-refractivity contribution is 5.72. The molecule has 0 saturated heterocycles. The Hall–Kier alpha value is -3.00. The van der Waals surface area contributed by atoms with E-state index in [0.717, 1.165) is 5.56 Å². The van der Waals surface area contributed by atoms with Crippen LogP contribution in [0.4, 0.5) is 0 Å². The van der Waals surface area contributed by atoms with Crippen molar-refractivity contribution in [3.05, 3.63) is 59.7 Å². The van der Waals surface area contributed by atoms with Crippen LogP contribution in [0.3, 0.4) is 0 Å². The Morgan fingerprint density at radius 1 is 0.957 bits per heavy atom. The number of nitrogens with zero attached hydrogens (tertiary/aromatic N) is 1. The van der Waals surface area contributed by atoms with Crippen molar-refractivity contribution in [2.45, 2.75) is 6.42 Å². The van der Waals surface area contributed by atoms with E-state index in [4.69, 9.17) is 14.7 Å². The molecular formula is C18H17NO4. The molecule has 2 aromatic rings. The summed E-state index contributed by atoms with van der Waals surface area (Å²) in [7, 11) is 1.37. The molecule has 0 aromatic heterocycles. The maximum absolute atomic E-state index is 11.2. The molecule has 0 amide bonds. The summed E-state index contributed by atoms with van der Waals surface area (Å²) in [4.78, 5) is 11.2. The molecule has 0 aliphatic carbocycles. The summed E-state index contributed by atoms with van der Waals surface area (Å²) in [6.45, 7) is 0.798. The molecule has 0 unspecified atom stereocenters. The number of carbonyl (C=O) groups excluding carboxylic acids is 1. The van der Waals surface area contributed by atoms with E-state index in [9.17, 15) is 4.79 Å². The van der Waals surface area contributed by atoms with Gasteiger partial charge in [-0.15, -0.1) is 0 Å². The Morgan fingerprint density at radius 3 is 1.96 bits per heavy atom. The van der Waals surface area contributed by atoms with Crippen molar-refractivity contribution in [1.29, 1.82) is 5.26 Å². The van der Waals surface area contributed by atoms with Gasteiger partial charge in [0.25, 0.3) is 0 Å². The molecule has 0 heterocycles. The molecule has 2 aromatic carbocycles. The third-order valence-corrected chi connectivity index (χ3v) is 3.10. The lowest BCUT2D eigenvalue weighted by molar-refractivity contribution is -0.139. The van der Waals surface area contributed by atoms with Gasteiger partial charge in [0.2, 0.25) is 0 Å². The Balaban J connectivity index is 1.73. The third-order valence-electron chi connectivity index (χ3n) is 3.10. The smallest absolute Gasteiger partial charge is 0.309 e. The lowest BCUT2D eigenvalue weighted by Gasteiger charge is -2.09. The number of methoxy groups -OCH3 is 1. The minimum Gasteiger partial charge on any atom is -0.490 e. The molecule has 5 heteroatoms. The van der Waals surface area contributed by atoms with Gasteiger partial charge in [-0.1, -0.05) is 12.1 Å². The van der Waals surface area contributed by atoms with Gasteiger partial charge in [0, 0.05) is 0 Å². The monoisotopic (exact) mass is 311 g/mol. The van der Waals surface area contributed by atoms with Gasteiger partial charge in [-0.05, 0) is 42.0 Å². The zero-order valence-electron chi connectivity index (χ0n) is 12.8. The van der Waals surface area contributed by atoms with Crippen molar-refractivity contribution in [1.82, 2.24) is 0 Å². The molecule has 0 N–H and O–H groups in total. The van der Waals surface area contributed by atoms with Crippen molar-refractivity contribution in [2.75, 3.05) is 20.3 Å². The number of carbonyl (C=O) groups is 1. The summed E-state index contributed by atoms with van der Waals surface area (Å²) in [5, 5.41) is 8.71. The van der Waals surface area contributed by atoms with Crippen LogP contribution in [0.2, 0.25) is 0 Å². The van der Waals surface area contributed by atoms with Gasteiger partial charge < -0.3 is 14.2 Å². The highest BCUT2D eigenvalue weighted by atomic mass is 16.5. The number of hydrogen-bond donors (Lipinski definition) is 0. The Bertz CT molecular complexity index is 672. The van der Waals surface area contributed by atoms with E-state index >= 15 is 0 Å². The molecule has 23 heavy (non-hydrogen) atoms. The van der Waals surface area contributed by atoms with Crippen LogP contribution in [0.25, 0.3) is 0 Å². The Labute approximate surface area is 135 Å². The zero-order chi connectivity index (χ0) is 16.5. The lowest BCUT2D eigenvalue weighted by atomic mass is 10.1. The van der Waals surface area contributed by atoms with E-state index in [-0.39, 0.29) is 12.4 Å². The maximum Gasteiger partial charge on any atom is 0.309 e. The van der Waals surface area contributed by atoms with E-state index in [1.54, 1.807) is 36.4 Å². The van der Waals surface area contributed by atoms with Crippen LogP contribution in [0, 0.1) is 11.3 Å². The molecule has 5 nitrogen and oxygen atoms in total. The van der Waals surface area contributed by atoms with Crippen LogP contribution < -0.4 is 9.47 Å². The van der Waals surface area contributed by atoms with E-state index in [1.807, 2.05) is 12.1 Å². The van der Waals surface area contributed by atoms with Crippen LogP contribution in [0.1, 0.15) is 11.1 Å². The van der Waals surface area contributed by atoms with Crippen LogP contribution in [-0.4, -0.2) is 26.3 Å². The molecular weight excluding hydrogens is 294 g/mol. The Morgan fingerprint density at radius 2 is 1.48 bits per heavy atom. The van der Waals surface area contributed by atoms with Gasteiger partial charge in [-0.2, -0.15) is 5.26 Å². The summed E-state index contributed by atoms with van der Waals surface area (Å²) >= 11 is 0. The van der Waals surface area contributed by atoms with E-state index in [0.29, 0.717) is 30.3 Å². The first-order chi connectivity index (χ1) is 11.2. The van der Waals surface area contributed by atoms with E-state index in [2.05, 4.69) is 10.8 Å². The van der Waals surface area contributed by atoms with Gasteiger partial charge in [-0.3, -0.25) is 4.79 Å².